The number of nitrogens with zero attached hydrogens (tertiary/aromatic N) is 4. The molecule has 2 aromatic heterocycles. The van der Waals surface area contributed by atoms with Crippen LogP contribution in [-0.4, -0.2) is 123 Å². The fraction of sp³-hybridized carbons (Fsp3) is 0.574. The Labute approximate surface area is 441 Å². The van der Waals surface area contributed by atoms with Crippen LogP contribution < -0.4 is 16.4 Å². The minimum Gasteiger partial charge on any atom is -0.386 e. The van der Waals surface area contributed by atoms with Crippen molar-refractivity contribution in [1.29, 1.82) is 0 Å². The Morgan fingerprint density at radius 2 is 1.40 bits per heavy atom. The van der Waals surface area contributed by atoms with Crippen LogP contribution >= 0.6 is 35.2 Å². The molecule has 0 spiro atoms. The molecule has 2 unspecified atom stereocenters. The maximum Gasteiger partial charge on any atom is 0.481 e. The smallest absolute Gasteiger partial charge is 0.386 e. The third kappa shape index (κ3) is 26.3. The quantitative estimate of drug-likeness (QED) is 0.0193. The van der Waals surface area contributed by atoms with Gasteiger partial charge in [-0.15, -0.1) is 0 Å². The number of phosphoric ester groups is 3. The molecule has 2 amide bonds. The van der Waals surface area contributed by atoms with E-state index in [-0.39, 0.29) is 41.6 Å². The van der Waals surface area contributed by atoms with E-state index < -0.39 is 84.6 Å². The summed E-state index contributed by atoms with van der Waals surface area (Å²) in [5.74, 6) is -1.07. The number of phosphoric acid groups is 3. The molecule has 28 heteroatoms. The van der Waals surface area contributed by atoms with Gasteiger partial charge in [-0.2, -0.15) is 4.31 Å². The van der Waals surface area contributed by atoms with Crippen LogP contribution in [0.2, 0.25) is 0 Å². The summed E-state index contributed by atoms with van der Waals surface area (Å²) in [5.41, 5.74) is 4.28. The van der Waals surface area contributed by atoms with Gasteiger partial charge in [0.15, 0.2) is 22.8 Å². The van der Waals surface area contributed by atoms with Crippen molar-refractivity contribution in [3.8, 4) is 0 Å². The van der Waals surface area contributed by atoms with Crippen LogP contribution in [0.4, 0.5) is 5.82 Å². The Bertz CT molecular complexity index is 2430. The molecular weight excluding hydrogens is 1060 g/mol. The highest BCUT2D eigenvalue weighted by molar-refractivity contribution is 8.13. The number of rotatable bonds is 37. The standard InChI is InChI=1S/C47H74N7O17P3S/c1-4-5-6-7-8-9-10-11-12-13-14-15-16-17-18-19-20-21-22-23-24-25-26-27-38(56)75-31-30-49-37(55)28-29-50-45(59)42(58)47(2,3)33-68-74(65,66)71-73(63,64)67-32-36-41(70-72(60,61)62)40(57)46(69-36)54-35-53-39-43(48)51-34-52-44(39)54/h5-6,8-9,11-12,14-15,17-18,20-21,34-36,40-42,46,57-58H,4,7,10,13,16,19,22-33H2,1-3H3,(H,49,55)(H,50,59)(H,63,64)(H,65,66)(H2,48,51,52)(H2,60,61,62)/b6-5-,9-8-,12-11-,15-14-,18-17-,21-20-/t36-,40-,41-,42+,46-/m1/s1. The highest BCUT2D eigenvalue weighted by Crippen LogP contribution is 2.61. The zero-order chi connectivity index (χ0) is 55.3. The second kappa shape index (κ2) is 34.0. The Morgan fingerprint density at radius 3 is 2.01 bits per heavy atom. The zero-order valence-corrected chi connectivity index (χ0v) is 46.0. The van der Waals surface area contributed by atoms with Crippen LogP contribution in [0.5, 0.6) is 0 Å². The zero-order valence-electron chi connectivity index (χ0n) is 42.5. The molecule has 2 aromatic rings. The number of nitrogen functional groups attached to an aromatic ring is 1. The van der Waals surface area contributed by atoms with E-state index >= 15 is 0 Å². The second-order valence-corrected chi connectivity index (χ2v) is 23.0. The third-order valence-corrected chi connectivity index (χ3v) is 14.9. The number of hydrogen-bond acceptors (Lipinski definition) is 18. The summed E-state index contributed by atoms with van der Waals surface area (Å²) >= 11 is 1.13. The van der Waals surface area contributed by atoms with Gasteiger partial charge >= 0.3 is 23.5 Å². The average Bonchev–Trinajstić information content (AvgIpc) is 3.91. The average molecular weight is 1130 g/mol. The lowest BCUT2D eigenvalue weighted by atomic mass is 9.87. The fourth-order valence-corrected chi connectivity index (χ4v) is 10.4. The molecule has 0 saturated carbocycles. The van der Waals surface area contributed by atoms with E-state index in [1.807, 2.05) is 0 Å². The molecule has 10 N–H and O–H groups in total. The van der Waals surface area contributed by atoms with Gasteiger partial charge in [0.2, 0.25) is 11.8 Å². The Balaban J connectivity index is 1.24. The number of aromatic nitrogens is 4. The summed E-state index contributed by atoms with van der Waals surface area (Å²) < 4.78 is 62.5. The first-order chi connectivity index (χ1) is 35.6. The molecule has 1 aliphatic heterocycles. The number of aliphatic hydroxyl groups is 2. The van der Waals surface area contributed by atoms with Gasteiger partial charge in [-0.25, -0.2) is 28.6 Å². The summed E-state index contributed by atoms with van der Waals surface area (Å²) in [6, 6.07) is 0. The van der Waals surface area contributed by atoms with E-state index in [4.69, 9.17) is 19.5 Å². The van der Waals surface area contributed by atoms with E-state index in [1.165, 1.54) is 13.8 Å². The van der Waals surface area contributed by atoms with Crippen molar-refractivity contribution >= 4 is 69.1 Å². The van der Waals surface area contributed by atoms with Gasteiger partial charge in [0.1, 0.15) is 36.3 Å². The number of unbranched alkanes of at least 4 members (excludes halogenated alkanes) is 4. The van der Waals surface area contributed by atoms with Crippen molar-refractivity contribution < 1.29 is 80.5 Å². The number of nitrogens with one attached hydrogen (secondary N) is 2. The lowest BCUT2D eigenvalue weighted by Crippen LogP contribution is -2.46. The topological polar surface area (TPSA) is 364 Å². The van der Waals surface area contributed by atoms with Crippen molar-refractivity contribution in [2.75, 3.05) is 37.8 Å². The Kier molecular flexibility index (Phi) is 29.6. The van der Waals surface area contributed by atoms with Crippen LogP contribution in [0.15, 0.2) is 85.6 Å². The number of thioether (sulfide) groups is 1. The molecule has 1 aliphatic rings. The highest BCUT2D eigenvalue weighted by atomic mass is 32.2. The van der Waals surface area contributed by atoms with Crippen LogP contribution in [0.3, 0.4) is 0 Å². The number of anilines is 1. The van der Waals surface area contributed by atoms with E-state index in [2.05, 4.69) is 114 Å². The molecule has 24 nitrogen and oxygen atoms in total. The lowest BCUT2D eigenvalue weighted by molar-refractivity contribution is -0.137. The molecule has 420 valence electrons. The van der Waals surface area contributed by atoms with E-state index in [1.54, 1.807) is 0 Å². The van der Waals surface area contributed by atoms with Crippen molar-refractivity contribution in [2.24, 2.45) is 5.41 Å². The second-order valence-electron chi connectivity index (χ2n) is 17.7. The van der Waals surface area contributed by atoms with E-state index in [0.717, 1.165) is 99.6 Å². The summed E-state index contributed by atoms with van der Waals surface area (Å²) in [6.07, 6.45) is 30.3. The summed E-state index contributed by atoms with van der Waals surface area (Å²) in [5, 5.41) is 26.7. The number of carbonyl (C=O) groups is 3. The molecule has 75 heavy (non-hydrogen) atoms. The number of aliphatic hydroxyl groups excluding tert-OH is 2. The van der Waals surface area contributed by atoms with E-state index in [0.29, 0.717) is 12.2 Å². The van der Waals surface area contributed by atoms with Crippen molar-refractivity contribution in [2.45, 2.75) is 135 Å². The van der Waals surface area contributed by atoms with E-state index in [9.17, 15) is 57.9 Å². The van der Waals surface area contributed by atoms with Gasteiger partial charge in [-0.1, -0.05) is 118 Å². The molecule has 1 fully saturated rings. The normalized spacial score (nSPS) is 19.9. The predicted octanol–water partition coefficient (Wildman–Crippen LogP) is 6.70. The summed E-state index contributed by atoms with van der Waals surface area (Å²) in [4.78, 5) is 88.6. The number of nitrogens with two attached hydrogens (primary N) is 1. The molecular formula is C47H74N7O17P3S. The summed E-state index contributed by atoms with van der Waals surface area (Å²) in [6.45, 7) is 2.66. The summed E-state index contributed by atoms with van der Waals surface area (Å²) in [7, 11) is -16.4. The third-order valence-electron chi connectivity index (χ3n) is 10.9. The number of carbonyl (C=O) groups excluding carboxylic acids is 3. The Morgan fingerprint density at radius 1 is 0.813 bits per heavy atom. The fourth-order valence-electron chi connectivity index (χ4n) is 6.89. The molecule has 0 bridgehead atoms. The highest BCUT2D eigenvalue weighted by Gasteiger charge is 2.50. The van der Waals surface area contributed by atoms with Gasteiger partial charge in [0.05, 0.1) is 19.5 Å². The molecule has 7 atom stereocenters. The van der Waals surface area contributed by atoms with Crippen molar-refractivity contribution in [3.05, 3.63) is 85.6 Å². The van der Waals surface area contributed by atoms with Gasteiger partial charge in [0.25, 0.3) is 0 Å². The number of imidazole rings is 1. The number of hydrogen-bond donors (Lipinski definition) is 9. The van der Waals surface area contributed by atoms with Crippen molar-refractivity contribution in [1.82, 2.24) is 30.2 Å². The molecule has 0 aromatic carbocycles. The maximum atomic E-state index is 12.8. The minimum atomic E-state index is -5.58. The van der Waals surface area contributed by atoms with Crippen LogP contribution in [0.1, 0.15) is 110 Å². The van der Waals surface area contributed by atoms with Gasteiger partial charge in [-0.05, 0) is 57.8 Å². The maximum absolute atomic E-state index is 12.8. The number of ether oxygens (including phenoxy) is 1. The van der Waals surface area contributed by atoms with Crippen LogP contribution in [-0.2, 0) is 50.7 Å². The van der Waals surface area contributed by atoms with Gasteiger partial charge in [-0.3, -0.25) is 32.5 Å². The molecule has 3 heterocycles. The largest absolute Gasteiger partial charge is 0.481 e. The first-order valence-electron chi connectivity index (χ1n) is 24.5. The first-order valence-corrected chi connectivity index (χ1v) is 30.0. The molecule has 0 aliphatic carbocycles. The van der Waals surface area contributed by atoms with Gasteiger partial charge in [0, 0.05) is 37.1 Å². The molecule has 3 rings (SSSR count). The monoisotopic (exact) mass is 1130 g/mol. The first kappa shape index (κ1) is 65.3. The lowest BCUT2D eigenvalue weighted by Gasteiger charge is -2.30. The molecule has 0 radical (unpaired) electrons. The van der Waals surface area contributed by atoms with Crippen LogP contribution in [0, 0.1) is 5.41 Å². The van der Waals surface area contributed by atoms with Gasteiger partial charge < -0.3 is 50.9 Å². The predicted molar refractivity (Wildman–Crippen MR) is 283 cm³/mol. The number of amides is 2. The van der Waals surface area contributed by atoms with Crippen molar-refractivity contribution in [3.63, 3.8) is 0 Å². The SMILES string of the molecule is CC/C=C\C/C=C\C/C=C\C/C=C\C/C=C\C/C=C\CCCCCCC(=O)SCCNC(=O)CCNC(=O)[C@H](O)C(C)(C)COP(=O)(O)OP(=O)(O)OC[C@H]1O[C@@H](n2cnc3c(N)ncnc32)[C@H](O)[C@@H]1OP(=O)(O)O. The van der Waals surface area contributed by atoms with Crippen LogP contribution in [0.25, 0.3) is 11.2 Å². The minimum absolute atomic E-state index is 0.0306. The molecule has 1 saturated heterocycles. The Hall–Kier alpha value is -4.00. The number of fused-ring (bicyclic) bond motifs is 1. The number of allylic oxidation sites excluding steroid dienone is 12.